The highest BCUT2D eigenvalue weighted by atomic mass is 35.5. The molecule has 0 bridgehead atoms. The van der Waals surface area contributed by atoms with Gasteiger partial charge in [0.2, 0.25) is 0 Å². The largest absolute Gasteiger partial charge is 0.372 e. The molecule has 3 heterocycles. The highest BCUT2D eigenvalue weighted by Gasteiger charge is 2.32. The molecule has 0 saturated carbocycles. The van der Waals surface area contributed by atoms with Gasteiger partial charge in [0, 0.05) is 40.1 Å². The number of amides is 1. The van der Waals surface area contributed by atoms with E-state index >= 15 is 0 Å². The molecule has 35 heavy (non-hydrogen) atoms. The summed E-state index contributed by atoms with van der Waals surface area (Å²) in [5.41, 5.74) is 2.13. The molecule has 5 rings (SSSR count). The molecule has 0 unspecified atom stereocenters. The Morgan fingerprint density at radius 2 is 1.74 bits per heavy atom. The van der Waals surface area contributed by atoms with E-state index in [0.717, 1.165) is 38.7 Å². The Hall–Kier alpha value is -2.19. The maximum absolute atomic E-state index is 13.1. The minimum atomic E-state index is 0.0153. The zero-order chi connectivity index (χ0) is 24.2. The van der Waals surface area contributed by atoms with Crippen LogP contribution in [0, 0.1) is 0 Å². The van der Waals surface area contributed by atoms with Gasteiger partial charge in [0.25, 0.3) is 5.91 Å². The van der Waals surface area contributed by atoms with Crippen LogP contribution in [0.3, 0.4) is 0 Å². The van der Waals surface area contributed by atoms with Crippen molar-refractivity contribution in [2.24, 2.45) is 4.99 Å². The molecule has 4 nitrogen and oxygen atoms in total. The molecule has 0 spiro atoms. The van der Waals surface area contributed by atoms with Crippen molar-refractivity contribution in [3.63, 3.8) is 0 Å². The van der Waals surface area contributed by atoms with E-state index in [4.69, 9.17) is 16.6 Å². The van der Waals surface area contributed by atoms with Crippen molar-refractivity contribution in [2.75, 3.05) is 24.5 Å². The molecule has 1 amide bonds. The fraction of sp³-hybridized carbons (Fsp3) is 0.259. The number of piperidine rings is 1. The van der Waals surface area contributed by atoms with Crippen molar-refractivity contribution >= 4 is 75.0 Å². The summed E-state index contributed by atoms with van der Waals surface area (Å²) in [5.74, 6) is 0.0153. The lowest BCUT2D eigenvalue weighted by molar-refractivity contribution is -0.122. The van der Waals surface area contributed by atoms with E-state index in [1.54, 1.807) is 28.0 Å². The van der Waals surface area contributed by atoms with Crippen molar-refractivity contribution in [1.82, 2.24) is 4.90 Å². The second-order valence-corrected chi connectivity index (χ2v) is 12.3. The highest BCUT2D eigenvalue weighted by molar-refractivity contribution is 8.18. The van der Waals surface area contributed by atoms with Gasteiger partial charge >= 0.3 is 0 Å². The van der Waals surface area contributed by atoms with Gasteiger partial charge in [-0.1, -0.05) is 23.4 Å². The summed E-state index contributed by atoms with van der Waals surface area (Å²) in [4.78, 5) is 25.0. The summed E-state index contributed by atoms with van der Waals surface area (Å²) < 4.78 is 1.17. The lowest BCUT2D eigenvalue weighted by Gasteiger charge is -2.28. The molecule has 8 heteroatoms. The molecule has 3 aromatic rings. The average molecular weight is 540 g/mol. The van der Waals surface area contributed by atoms with Crippen molar-refractivity contribution in [3.05, 3.63) is 75.5 Å². The second-order valence-electron chi connectivity index (χ2n) is 8.33. The number of rotatable bonds is 6. The Morgan fingerprint density at radius 1 is 1.00 bits per heavy atom. The molecule has 2 aliphatic heterocycles. The maximum Gasteiger partial charge on any atom is 0.266 e. The van der Waals surface area contributed by atoms with Crippen molar-refractivity contribution < 1.29 is 4.79 Å². The van der Waals surface area contributed by atoms with E-state index in [1.807, 2.05) is 37.3 Å². The Bertz CT molecular complexity index is 1250. The zero-order valence-corrected chi connectivity index (χ0v) is 22.7. The lowest BCUT2D eigenvalue weighted by Crippen LogP contribution is -2.29. The van der Waals surface area contributed by atoms with Gasteiger partial charge in [-0.2, -0.15) is 0 Å². The number of anilines is 1. The number of thioether (sulfide) groups is 1. The monoisotopic (exact) mass is 539 g/mol. The summed E-state index contributed by atoms with van der Waals surface area (Å²) in [6.07, 6.45) is 5.82. The number of halogens is 1. The van der Waals surface area contributed by atoms with Crippen LogP contribution >= 0.6 is 46.5 Å². The van der Waals surface area contributed by atoms with Gasteiger partial charge in [-0.3, -0.25) is 9.69 Å². The molecule has 2 fully saturated rings. The third kappa shape index (κ3) is 5.97. The first-order valence-electron chi connectivity index (χ1n) is 11.8. The average Bonchev–Trinajstić information content (AvgIpc) is 3.44. The van der Waals surface area contributed by atoms with Gasteiger partial charge in [0.1, 0.15) is 0 Å². The van der Waals surface area contributed by atoms with Crippen LogP contribution in [-0.2, 0) is 4.79 Å². The van der Waals surface area contributed by atoms with E-state index in [2.05, 4.69) is 41.3 Å². The predicted molar refractivity (Wildman–Crippen MR) is 152 cm³/mol. The van der Waals surface area contributed by atoms with Gasteiger partial charge < -0.3 is 4.90 Å². The van der Waals surface area contributed by atoms with Crippen LogP contribution in [0.2, 0.25) is 5.02 Å². The number of hydrogen-bond donors (Lipinski definition) is 0. The molecule has 0 radical (unpaired) electrons. The maximum atomic E-state index is 13.1. The number of hydrogen-bond acceptors (Lipinski definition) is 6. The number of nitrogens with zero attached hydrogens (tertiary/aromatic N) is 3. The van der Waals surface area contributed by atoms with Crippen LogP contribution in [0.5, 0.6) is 0 Å². The van der Waals surface area contributed by atoms with Gasteiger partial charge in [0.15, 0.2) is 5.17 Å². The third-order valence-corrected chi connectivity index (χ3v) is 9.34. The van der Waals surface area contributed by atoms with E-state index in [1.165, 1.54) is 40.9 Å². The van der Waals surface area contributed by atoms with E-state index < -0.39 is 0 Å². The van der Waals surface area contributed by atoms with Gasteiger partial charge in [-0.05, 0) is 105 Å². The summed E-state index contributed by atoms with van der Waals surface area (Å²) >= 11 is 10.8. The number of carbonyl (C=O) groups excluding carboxylic acids is 1. The van der Waals surface area contributed by atoms with Crippen molar-refractivity contribution in [2.45, 2.75) is 35.3 Å². The summed E-state index contributed by atoms with van der Waals surface area (Å²) in [6, 6.07) is 20.4. The molecule has 0 aliphatic carbocycles. The normalized spacial score (nSPS) is 18.7. The summed E-state index contributed by atoms with van der Waals surface area (Å²) in [7, 11) is 0. The third-order valence-electron chi connectivity index (χ3n) is 5.91. The second kappa shape index (κ2) is 11.2. The van der Waals surface area contributed by atoms with Gasteiger partial charge in [-0.15, -0.1) is 11.3 Å². The number of amidine groups is 1. The standard InChI is InChI=1S/C27H26ClN3OS3/c1-2-31-26(32)24(18-23-14-15-25(34-23)33-22-12-6-19(28)7-13-22)35-27(31)29-20-8-10-21(11-9-20)30-16-4-3-5-17-30/h6-15,18H,2-5,16-17H2,1H3/b24-18-,29-27?. The zero-order valence-electron chi connectivity index (χ0n) is 19.4. The minimum absolute atomic E-state index is 0.0153. The van der Waals surface area contributed by atoms with Crippen LogP contribution < -0.4 is 4.90 Å². The lowest BCUT2D eigenvalue weighted by atomic mass is 10.1. The smallest absolute Gasteiger partial charge is 0.266 e. The van der Waals surface area contributed by atoms with Gasteiger partial charge in [-0.25, -0.2) is 4.99 Å². The van der Waals surface area contributed by atoms with Crippen LogP contribution in [0.25, 0.3) is 6.08 Å². The topological polar surface area (TPSA) is 35.9 Å². The first-order chi connectivity index (χ1) is 17.1. The fourth-order valence-corrected chi connectivity index (χ4v) is 7.41. The summed E-state index contributed by atoms with van der Waals surface area (Å²) in [5, 5.41) is 1.47. The Morgan fingerprint density at radius 3 is 2.46 bits per heavy atom. The Labute approximate surface area is 224 Å². The molecule has 0 N–H and O–H groups in total. The number of benzene rings is 2. The first-order valence-corrected chi connectivity index (χ1v) is 14.6. The van der Waals surface area contributed by atoms with Crippen LogP contribution in [0.4, 0.5) is 11.4 Å². The Balaban J connectivity index is 1.30. The Kier molecular flexibility index (Phi) is 7.88. The minimum Gasteiger partial charge on any atom is -0.372 e. The highest BCUT2D eigenvalue weighted by Crippen LogP contribution is 2.38. The van der Waals surface area contributed by atoms with Crippen molar-refractivity contribution in [3.8, 4) is 0 Å². The SMILES string of the molecule is CCN1C(=O)/C(=C/c2ccc(Sc3ccc(Cl)cc3)s2)SC1=Nc1ccc(N2CCCCC2)cc1. The molecule has 2 aliphatic rings. The number of likely N-dealkylation sites (N-methyl/N-ethyl adjacent to an activating group) is 1. The van der Waals surface area contributed by atoms with Crippen molar-refractivity contribution in [1.29, 1.82) is 0 Å². The van der Waals surface area contributed by atoms with E-state index in [-0.39, 0.29) is 5.91 Å². The fourth-order valence-electron chi connectivity index (χ4n) is 4.09. The number of carbonyl (C=O) groups is 1. The number of thiophene rings is 1. The summed E-state index contributed by atoms with van der Waals surface area (Å²) in [6.45, 7) is 4.83. The molecular weight excluding hydrogens is 514 g/mol. The molecule has 180 valence electrons. The van der Waals surface area contributed by atoms with Crippen LogP contribution in [0.1, 0.15) is 31.1 Å². The van der Waals surface area contributed by atoms with E-state index in [9.17, 15) is 4.79 Å². The van der Waals surface area contributed by atoms with E-state index in [0.29, 0.717) is 11.4 Å². The first kappa shape index (κ1) is 24.5. The van der Waals surface area contributed by atoms with Crippen LogP contribution in [-0.4, -0.2) is 35.6 Å². The van der Waals surface area contributed by atoms with Crippen LogP contribution in [0.15, 0.2) is 79.7 Å². The molecular formula is C27H26ClN3OS3. The molecule has 2 aromatic carbocycles. The molecule has 1 aromatic heterocycles. The molecule has 2 saturated heterocycles. The predicted octanol–water partition coefficient (Wildman–Crippen LogP) is 8.17. The quantitative estimate of drug-likeness (QED) is 0.296. The molecule has 0 atom stereocenters. The van der Waals surface area contributed by atoms with Gasteiger partial charge in [0.05, 0.1) is 14.8 Å². The number of aliphatic imine (C=N–C) groups is 1.